The Morgan fingerprint density at radius 3 is 2.95 bits per heavy atom. The molecule has 1 aromatic rings. The van der Waals surface area contributed by atoms with Gasteiger partial charge < -0.3 is 10.0 Å². The van der Waals surface area contributed by atoms with Gasteiger partial charge in [0.05, 0.1) is 6.10 Å². The highest BCUT2D eigenvalue weighted by Crippen LogP contribution is 2.15. The Kier molecular flexibility index (Phi) is 4.56. The summed E-state index contributed by atoms with van der Waals surface area (Å²) in [5.41, 5.74) is 1.85. The lowest BCUT2D eigenvalue weighted by molar-refractivity contribution is 0.0667. The van der Waals surface area contributed by atoms with Crippen molar-refractivity contribution in [3.63, 3.8) is 0 Å². The molecule has 1 amide bonds. The fraction of sp³-hybridized carbons (Fsp3) is 0.533. The van der Waals surface area contributed by atoms with Crippen molar-refractivity contribution >= 4 is 5.91 Å². The van der Waals surface area contributed by atoms with E-state index < -0.39 is 0 Å². The van der Waals surface area contributed by atoms with Crippen LogP contribution in [0.2, 0.25) is 0 Å². The summed E-state index contributed by atoms with van der Waals surface area (Å²) in [5.74, 6) is 0.0283. The van der Waals surface area contributed by atoms with Crippen molar-refractivity contribution < 1.29 is 9.90 Å². The molecule has 1 atom stereocenters. The number of amides is 1. The molecule has 2 rings (SSSR count). The molecular weight excluding hydrogens is 240 g/mol. The number of benzene rings is 1. The topological polar surface area (TPSA) is 43.8 Å². The Balaban J connectivity index is 2.04. The molecule has 1 aliphatic rings. The maximum Gasteiger partial charge on any atom is 0.253 e. The van der Waals surface area contributed by atoms with Gasteiger partial charge in [0.25, 0.3) is 5.91 Å². The van der Waals surface area contributed by atoms with Gasteiger partial charge in [0.1, 0.15) is 0 Å². The molecular formula is C15H22N2O2. The van der Waals surface area contributed by atoms with Gasteiger partial charge in [0.2, 0.25) is 0 Å². The van der Waals surface area contributed by atoms with Crippen LogP contribution in [-0.2, 0) is 6.54 Å². The number of rotatable bonds is 3. The first-order valence-electron chi connectivity index (χ1n) is 6.77. The third-order valence-electron chi connectivity index (χ3n) is 3.47. The van der Waals surface area contributed by atoms with Gasteiger partial charge in [-0.1, -0.05) is 12.1 Å². The number of β-amino-alcohol motifs (C(OH)–C–C–N with tert-alkyl or cyclic N) is 1. The molecule has 0 aromatic heterocycles. The minimum Gasteiger partial charge on any atom is -0.392 e. The monoisotopic (exact) mass is 262 g/mol. The quantitative estimate of drug-likeness (QED) is 0.894. The zero-order valence-electron chi connectivity index (χ0n) is 11.7. The van der Waals surface area contributed by atoms with Crippen LogP contribution in [-0.4, -0.2) is 54.1 Å². The number of hydrogen-bond donors (Lipinski definition) is 1. The summed E-state index contributed by atoms with van der Waals surface area (Å²) in [6.45, 7) is 2.54. The van der Waals surface area contributed by atoms with E-state index in [0.29, 0.717) is 0 Å². The second-order valence-electron chi connectivity index (χ2n) is 5.43. The van der Waals surface area contributed by atoms with Crippen LogP contribution >= 0.6 is 0 Å². The summed E-state index contributed by atoms with van der Waals surface area (Å²) in [7, 11) is 3.52. The predicted molar refractivity (Wildman–Crippen MR) is 75.0 cm³/mol. The highest BCUT2D eigenvalue weighted by molar-refractivity contribution is 5.94. The second kappa shape index (κ2) is 6.17. The first-order valence-corrected chi connectivity index (χ1v) is 6.77. The van der Waals surface area contributed by atoms with Gasteiger partial charge >= 0.3 is 0 Å². The Morgan fingerprint density at radius 2 is 2.26 bits per heavy atom. The van der Waals surface area contributed by atoms with Crippen LogP contribution < -0.4 is 0 Å². The van der Waals surface area contributed by atoms with Crippen LogP contribution in [0.1, 0.15) is 28.8 Å². The van der Waals surface area contributed by atoms with Gasteiger partial charge in [-0.15, -0.1) is 0 Å². The number of piperidine rings is 1. The van der Waals surface area contributed by atoms with Crippen molar-refractivity contribution in [2.24, 2.45) is 0 Å². The van der Waals surface area contributed by atoms with Crippen molar-refractivity contribution in [3.8, 4) is 0 Å². The standard InChI is InChI=1S/C15H22N2O2/c1-16(2)15(19)13-6-3-5-12(9-13)10-17-8-4-7-14(18)11-17/h3,5-6,9,14,18H,4,7-8,10-11H2,1-2H3. The third-order valence-corrected chi connectivity index (χ3v) is 3.47. The average Bonchev–Trinajstić information content (AvgIpc) is 2.38. The Bertz CT molecular complexity index is 446. The number of likely N-dealkylation sites (tertiary alicyclic amines) is 1. The molecule has 1 unspecified atom stereocenters. The first-order chi connectivity index (χ1) is 9.06. The van der Waals surface area contributed by atoms with Crippen molar-refractivity contribution in [3.05, 3.63) is 35.4 Å². The number of carbonyl (C=O) groups is 1. The maximum atomic E-state index is 11.9. The molecule has 1 fully saturated rings. The Hall–Kier alpha value is -1.39. The summed E-state index contributed by atoms with van der Waals surface area (Å²) in [6.07, 6.45) is 1.73. The zero-order valence-corrected chi connectivity index (χ0v) is 11.7. The molecule has 104 valence electrons. The second-order valence-corrected chi connectivity index (χ2v) is 5.43. The van der Waals surface area contributed by atoms with Gasteiger partial charge in [0.15, 0.2) is 0 Å². The maximum absolute atomic E-state index is 11.9. The summed E-state index contributed by atoms with van der Waals surface area (Å²) in [5, 5.41) is 9.67. The SMILES string of the molecule is CN(C)C(=O)c1cccc(CN2CCCC(O)C2)c1. The van der Waals surface area contributed by atoms with E-state index in [4.69, 9.17) is 0 Å². The Labute approximate surface area is 114 Å². The van der Waals surface area contributed by atoms with Crippen molar-refractivity contribution in [1.29, 1.82) is 0 Å². The molecule has 0 bridgehead atoms. The van der Waals surface area contributed by atoms with E-state index in [2.05, 4.69) is 4.90 Å². The third kappa shape index (κ3) is 3.78. The molecule has 0 spiro atoms. The highest BCUT2D eigenvalue weighted by Gasteiger charge is 2.18. The van der Waals surface area contributed by atoms with E-state index >= 15 is 0 Å². The van der Waals surface area contributed by atoms with E-state index in [0.717, 1.165) is 43.6 Å². The number of aliphatic hydroxyl groups excluding tert-OH is 1. The van der Waals surface area contributed by atoms with Crippen LogP contribution in [0.25, 0.3) is 0 Å². The number of hydrogen-bond acceptors (Lipinski definition) is 3. The summed E-state index contributed by atoms with van der Waals surface area (Å²) in [6, 6.07) is 7.75. The fourth-order valence-corrected chi connectivity index (χ4v) is 2.49. The Morgan fingerprint density at radius 1 is 1.47 bits per heavy atom. The highest BCUT2D eigenvalue weighted by atomic mass is 16.3. The molecule has 1 saturated heterocycles. The smallest absolute Gasteiger partial charge is 0.253 e. The normalized spacial score (nSPS) is 20.3. The molecule has 1 heterocycles. The van der Waals surface area contributed by atoms with Gasteiger partial charge in [0, 0.05) is 32.7 Å². The van der Waals surface area contributed by atoms with Gasteiger partial charge in [-0.3, -0.25) is 9.69 Å². The van der Waals surface area contributed by atoms with Crippen molar-refractivity contribution in [2.75, 3.05) is 27.2 Å². The summed E-state index contributed by atoms with van der Waals surface area (Å²) in [4.78, 5) is 15.7. The van der Waals surface area contributed by atoms with E-state index in [1.807, 2.05) is 24.3 Å². The molecule has 4 heteroatoms. The van der Waals surface area contributed by atoms with Crippen LogP contribution in [0.4, 0.5) is 0 Å². The largest absolute Gasteiger partial charge is 0.392 e. The number of carbonyl (C=O) groups excluding carboxylic acids is 1. The number of nitrogens with zero attached hydrogens (tertiary/aromatic N) is 2. The van der Waals surface area contributed by atoms with E-state index in [-0.39, 0.29) is 12.0 Å². The average molecular weight is 262 g/mol. The molecule has 0 aliphatic carbocycles. The molecule has 1 aromatic carbocycles. The first kappa shape index (κ1) is 14.0. The lowest BCUT2D eigenvalue weighted by atomic mass is 10.1. The lowest BCUT2D eigenvalue weighted by Crippen LogP contribution is -2.37. The summed E-state index contributed by atoms with van der Waals surface area (Å²) < 4.78 is 0. The molecule has 1 aliphatic heterocycles. The zero-order chi connectivity index (χ0) is 13.8. The molecule has 0 saturated carbocycles. The minimum absolute atomic E-state index is 0.0283. The van der Waals surface area contributed by atoms with E-state index in [1.165, 1.54) is 0 Å². The van der Waals surface area contributed by atoms with Crippen LogP contribution in [0.3, 0.4) is 0 Å². The predicted octanol–water partition coefficient (Wildman–Crippen LogP) is 1.35. The molecule has 19 heavy (non-hydrogen) atoms. The van der Waals surface area contributed by atoms with E-state index in [9.17, 15) is 9.90 Å². The number of aliphatic hydroxyl groups is 1. The van der Waals surface area contributed by atoms with Gasteiger partial charge in [-0.05, 0) is 37.1 Å². The molecule has 4 nitrogen and oxygen atoms in total. The minimum atomic E-state index is -0.208. The van der Waals surface area contributed by atoms with Crippen LogP contribution in [0, 0.1) is 0 Å². The fourth-order valence-electron chi connectivity index (χ4n) is 2.49. The van der Waals surface area contributed by atoms with Gasteiger partial charge in [-0.25, -0.2) is 0 Å². The van der Waals surface area contributed by atoms with E-state index in [1.54, 1.807) is 19.0 Å². The van der Waals surface area contributed by atoms with Crippen molar-refractivity contribution in [2.45, 2.75) is 25.5 Å². The van der Waals surface area contributed by atoms with Crippen LogP contribution in [0.15, 0.2) is 24.3 Å². The van der Waals surface area contributed by atoms with Crippen molar-refractivity contribution in [1.82, 2.24) is 9.80 Å². The lowest BCUT2D eigenvalue weighted by Gasteiger charge is -2.30. The molecule has 1 N–H and O–H groups in total. The van der Waals surface area contributed by atoms with Crippen LogP contribution in [0.5, 0.6) is 0 Å². The molecule has 0 radical (unpaired) electrons. The van der Waals surface area contributed by atoms with Gasteiger partial charge in [-0.2, -0.15) is 0 Å². The summed E-state index contributed by atoms with van der Waals surface area (Å²) >= 11 is 0.